The van der Waals surface area contributed by atoms with Crippen LogP contribution in [0.15, 0.2) is 36.4 Å². The molecule has 0 fully saturated rings. The van der Waals surface area contributed by atoms with Crippen molar-refractivity contribution in [1.82, 2.24) is 15.5 Å². The molecule has 0 aromatic heterocycles. The Balaban J connectivity index is 1.96. The number of methoxy groups -OCH3 is 2. The van der Waals surface area contributed by atoms with Crippen LogP contribution >= 0.6 is 0 Å². The number of aryl methyl sites for hydroxylation is 1. The quantitative estimate of drug-likeness (QED) is 0.691. The third-order valence-electron chi connectivity index (χ3n) is 5.81. The van der Waals surface area contributed by atoms with Crippen molar-refractivity contribution in [3.05, 3.63) is 58.7 Å². The van der Waals surface area contributed by atoms with Crippen molar-refractivity contribution < 1.29 is 14.3 Å². The molecule has 3 rings (SSSR count). The highest BCUT2D eigenvalue weighted by atomic mass is 16.5. The fourth-order valence-corrected chi connectivity index (χ4v) is 4.50. The van der Waals surface area contributed by atoms with E-state index in [1.54, 1.807) is 14.2 Å². The number of rotatable bonds is 6. The van der Waals surface area contributed by atoms with Gasteiger partial charge in [-0.15, -0.1) is 0 Å². The molecule has 0 aliphatic carbocycles. The van der Waals surface area contributed by atoms with E-state index in [-0.39, 0.29) is 23.7 Å². The Kier molecular flexibility index (Phi) is 7.34. The maximum absolute atomic E-state index is 12.7. The number of hydrogen-bond donors (Lipinski definition) is 2. The lowest BCUT2D eigenvalue weighted by Crippen LogP contribution is -2.53. The van der Waals surface area contributed by atoms with Crippen LogP contribution in [0.25, 0.3) is 0 Å². The van der Waals surface area contributed by atoms with Gasteiger partial charge >= 0.3 is 6.03 Å². The summed E-state index contributed by atoms with van der Waals surface area (Å²) in [6.45, 7) is 11.8. The van der Waals surface area contributed by atoms with Crippen molar-refractivity contribution in [2.75, 3.05) is 20.8 Å². The maximum atomic E-state index is 12.7. The Morgan fingerprint density at radius 2 is 1.84 bits per heavy atom. The van der Waals surface area contributed by atoms with E-state index in [0.717, 1.165) is 25.3 Å². The van der Waals surface area contributed by atoms with Gasteiger partial charge in [-0.3, -0.25) is 4.90 Å². The predicted molar refractivity (Wildman–Crippen MR) is 128 cm³/mol. The molecule has 0 radical (unpaired) electrons. The van der Waals surface area contributed by atoms with Crippen LogP contribution in [0.1, 0.15) is 56.0 Å². The molecule has 2 atom stereocenters. The Morgan fingerprint density at radius 1 is 1.16 bits per heavy atom. The molecule has 6 nitrogen and oxygen atoms in total. The van der Waals surface area contributed by atoms with E-state index < -0.39 is 0 Å². The average Bonchev–Trinajstić information content (AvgIpc) is 2.71. The van der Waals surface area contributed by atoms with Crippen molar-refractivity contribution in [1.29, 1.82) is 0 Å². The number of nitrogens with one attached hydrogen (secondary N) is 2. The Hall–Kier alpha value is -2.73. The van der Waals surface area contributed by atoms with E-state index in [2.05, 4.69) is 65.8 Å². The molecule has 1 heterocycles. The van der Waals surface area contributed by atoms with Crippen molar-refractivity contribution in [3.63, 3.8) is 0 Å². The lowest BCUT2D eigenvalue weighted by Gasteiger charge is -2.41. The molecule has 1 aliphatic rings. The summed E-state index contributed by atoms with van der Waals surface area (Å²) >= 11 is 0. The van der Waals surface area contributed by atoms with Crippen molar-refractivity contribution >= 4 is 6.03 Å². The van der Waals surface area contributed by atoms with Crippen LogP contribution in [-0.4, -0.2) is 43.3 Å². The van der Waals surface area contributed by atoms with Gasteiger partial charge in [-0.1, -0.05) is 29.8 Å². The van der Waals surface area contributed by atoms with E-state index in [9.17, 15) is 4.79 Å². The maximum Gasteiger partial charge on any atom is 0.315 e. The fraction of sp³-hybridized carbons (Fsp3) is 0.500. The lowest BCUT2D eigenvalue weighted by atomic mass is 9.87. The normalized spacial score (nSPS) is 17.3. The van der Waals surface area contributed by atoms with Gasteiger partial charge in [-0.2, -0.15) is 0 Å². The number of hydrogen-bond acceptors (Lipinski definition) is 4. The molecule has 174 valence electrons. The molecule has 2 N–H and O–H groups in total. The minimum Gasteiger partial charge on any atom is -0.493 e. The Bertz CT molecular complexity index is 952. The number of carbonyl (C=O) groups is 1. The van der Waals surface area contributed by atoms with Crippen LogP contribution in [0.5, 0.6) is 11.5 Å². The topological polar surface area (TPSA) is 62.8 Å². The number of benzene rings is 2. The lowest BCUT2D eigenvalue weighted by molar-refractivity contribution is 0.142. The zero-order chi connectivity index (χ0) is 23.5. The number of amides is 2. The molecule has 0 spiro atoms. The van der Waals surface area contributed by atoms with Gasteiger partial charge in [0.1, 0.15) is 0 Å². The van der Waals surface area contributed by atoms with Crippen LogP contribution < -0.4 is 20.1 Å². The van der Waals surface area contributed by atoms with E-state index >= 15 is 0 Å². The second-order valence-corrected chi connectivity index (χ2v) is 9.70. The monoisotopic (exact) mass is 439 g/mol. The van der Waals surface area contributed by atoms with Gasteiger partial charge in [0.2, 0.25) is 0 Å². The highest BCUT2D eigenvalue weighted by molar-refractivity contribution is 5.75. The van der Waals surface area contributed by atoms with Crippen molar-refractivity contribution in [2.24, 2.45) is 0 Å². The second kappa shape index (κ2) is 9.82. The molecule has 2 aromatic carbocycles. The third-order valence-corrected chi connectivity index (χ3v) is 5.81. The van der Waals surface area contributed by atoms with Gasteiger partial charge in [0.15, 0.2) is 11.5 Å². The molecule has 0 bridgehead atoms. The highest BCUT2D eigenvalue weighted by Crippen LogP contribution is 2.40. The van der Waals surface area contributed by atoms with Crippen LogP contribution in [0.3, 0.4) is 0 Å². The summed E-state index contributed by atoms with van der Waals surface area (Å²) in [6.07, 6.45) is 0.916. The summed E-state index contributed by atoms with van der Waals surface area (Å²) in [6, 6.07) is 12.5. The predicted octanol–water partition coefficient (Wildman–Crippen LogP) is 4.60. The SMILES string of the molecule is COc1cc2c(cc1OC)C(C(C)NC(=O)NC(C)(C)C)N(Cc1cccc(C)c1)CC2. The van der Waals surface area contributed by atoms with Crippen LogP contribution in [-0.2, 0) is 13.0 Å². The summed E-state index contributed by atoms with van der Waals surface area (Å²) < 4.78 is 11.1. The molecular weight excluding hydrogens is 402 g/mol. The molecule has 2 amide bonds. The number of nitrogens with zero attached hydrogens (tertiary/aromatic N) is 1. The zero-order valence-electron chi connectivity index (χ0n) is 20.4. The number of urea groups is 1. The van der Waals surface area contributed by atoms with Crippen LogP contribution in [0.2, 0.25) is 0 Å². The van der Waals surface area contributed by atoms with Gasteiger partial charge < -0.3 is 20.1 Å². The van der Waals surface area contributed by atoms with Gasteiger partial charge in [0.05, 0.1) is 20.3 Å². The van der Waals surface area contributed by atoms with E-state index in [0.29, 0.717) is 5.75 Å². The highest BCUT2D eigenvalue weighted by Gasteiger charge is 2.34. The summed E-state index contributed by atoms with van der Waals surface area (Å²) in [7, 11) is 3.32. The van der Waals surface area contributed by atoms with E-state index in [1.807, 2.05) is 20.8 Å². The molecule has 0 saturated carbocycles. The minimum atomic E-state index is -0.299. The van der Waals surface area contributed by atoms with Crippen LogP contribution in [0, 0.1) is 6.92 Å². The number of ether oxygens (including phenoxy) is 2. The first-order valence-electron chi connectivity index (χ1n) is 11.2. The van der Waals surface area contributed by atoms with Crippen molar-refractivity contribution in [2.45, 2.75) is 65.2 Å². The first-order valence-corrected chi connectivity index (χ1v) is 11.2. The standard InChI is InChI=1S/C26H37N3O3/c1-17-9-8-10-19(13-17)16-29-12-11-20-14-22(31-6)23(32-7)15-21(20)24(29)18(2)27-25(30)28-26(3,4)5/h8-10,13-15,18,24H,11-12,16H2,1-7H3,(H2,27,28,30). The summed E-state index contributed by atoms with van der Waals surface area (Å²) in [4.78, 5) is 15.1. The molecule has 2 unspecified atom stereocenters. The first-order chi connectivity index (χ1) is 15.1. The largest absolute Gasteiger partial charge is 0.493 e. The van der Waals surface area contributed by atoms with Gasteiger partial charge in [-0.25, -0.2) is 4.79 Å². The van der Waals surface area contributed by atoms with Crippen LogP contribution in [0.4, 0.5) is 4.79 Å². The van der Waals surface area contributed by atoms with Gasteiger partial charge in [0, 0.05) is 24.7 Å². The van der Waals surface area contributed by atoms with Gasteiger partial charge in [-0.05, 0) is 69.9 Å². The summed E-state index contributed by atoms with van der Waals surface area (Å²) in [5.41, 5.74) is 4.62. The summed E-state index contributed by atoms with van der Waals surface area (Å²) in [5.74, 6) is 1.45. The smallest absolute Gasteiger partial charge is 0.315 e. The molecule has 0 saturated heterocycles. The Labute approximate surface area is 192 Å². The molecule has 6 heteroatoms. The number of fused-ring (bicyclic) bond motifs is 1. The van der Waals surface area contributed by atoms with E-state index in [4.69, 9.17) is 9.47 Å². The number of carbonyl (C=O) groups excluding carboxylic acids is 1. The fourth-order valence-electron chi connectivity index (χ4n) is 4.50. The molecule has 2 aromatic rings. The minimum absolute atomic E-state index is 0.00443. The summed E-state index contributed by atoms with van der Waals surface area (Å²) in [5, 5.41) is 6.19. The Morgan fingerprint density at radius 3 is 2.47 bits per heavy atom. The molecule has 32 heavy (non-hydrogen) atoms. The first kappa shape index (κ1) is 23.9. The average molecular weight is 440 g/mol. The van der Waals surface area contributed by atoms with E-state index in [1.165, 1.54) is 22.3 Å². The third kappa shape index (κ3) is 5.74. The molecule has 1 aliphatic heterocycles. The second-order valence-electron chi connectivity index (χ2n) is 9.70. The van der Waals surface area contributed by atoms with Crippen molar-refractivity contribution in [3.8, 4) is 11.5 Å². The molecular formula is C26H37N3O3. The van der Waals surface area contributed by atoms with Gasteiger partial charge in [0.25, 0.3) is 0 Å². The zero-order valence-corrected chi connectivity index (χ0v) is 20.4.